The number of nitriles is 1. The molecule has 0 aromatic heterocycles. The Hall–Kier alpha value is -1.45. The lowest BCUT2D eigenvalue weighted by Gasteiger charge is -2.64. The van der Waals surface area contributed by atoms with Crippen LogP contribution in [0.5, 0.6) is 0 Å². The lowest BCUT2D eigenvalue weighted by molar-refractivity contribution is -0.194. The molecule has 0 aromatic carbocycles. The van der Waals surface area contributed by atoms with Crippen molar-refractivity contribution in [2.75, 3.05) is 19.8 Å². The summed E-state index contributed by atoms with van der Waals surface area (Å²) >= 11 is 0. The number of fused-ring (bicyclic) bond motifs is 3. The molecular formula is C22H31NO5. The Morgan fingerprint density at radius 1 is 1.29 bits per heavy atom. The molecule has 1 aliphatic heterocycles. The highest BCUT2D eigenvalue weighted by Crippen LogP contribution is 2.70. The third-order valence-corrected chi connectivity index (χ3v) is 8.95. The zero-order valence-electron chi connectivity index (χ0n) is 17.1. The lowest BCUT2D eigenvalue weighted by atomic mass is 9.38. The molecule has 0 bridgehead atoms. The fourth-order valence-corrected chi connectivity index (χ4v) is 7.40. The summed E-state index contributed by atoms with van der Waals surface area (Å²) in [6.07, 6.45) is 3.90. The van der Waals surface area contributed by atoms with Crippen LogP contribution in [0.25, 0.3) is 0 Å². The highest BCUT2D eigenvalue weighted by Gasteiger charge is 2.72. The van der Waals surface area contributed by atoms with Crippen LogP contribution >= 0.6 is 0 Å². The van der Waals surface area contributed by atoms with Crippen LogP contribution < -0.4 is 0 Å². The Balaban J connectivity index is 1.77. The molecule has 4 rings (SSSR count). The molecule has 0 unspecified atom stereocenters. The molecule has 1 heterocycles. The molecule has 3 aliphatic carbocycles. The fraction of sp³-hybridized carbons (Fsp3) is 0.864. The van der Waals surface area contributed by atoms with Gasteiger partial charge in [0.1, 0.15) is 11.2 Å². The molecule has 1 saturated heterocycles. The zero-order chi connectivity index (χ0) is 20.4. The van der Waals surface area contributed by atoms with Crippen LogP contribution in [0.1, 0.15) is 59.3 Å². The van der Waals surface area contributed by atoms with E-state index < -0.39 is 16.8 Å². The van der Waals surface area contributed by atoms with E-state index in [9.17, 15) is 20.0 Å². The van der Waals surface area contributed by atoms with Crippen molar-refractivity contribution in [2.45, 2.75) is 64.9 Å². The van der Waals surface area contributed by atoms with Gasteiger partial charge >= 0.3 is 5.97 Å². The van der Waals surface area contributed by atoms with E-state index in [2.05, 4.69) is 13.0 Å². The fourth-order valence-electron chi connectivity index (χ4n) is 7.40. The van der Waals surface area contributed by atoms with Gasteiger partial charge in [-0.2, -0.15) is 5.26 Å². The molecule has 28 heavy (non-hydrogen) atoms. The topological polar surface area (TPSA) is 99.9 Å². The van der Waals surface area contributed by atoms with Gasteiger partial charge in [-0.1, -0.05) is 6.92 Å². The van der Waals surface area contributed by atoms with E-state index in [0.717, 1.165) is 12.8 Å². The summed E-state index contributed by atoms with van der Waals surface area (Å²) in [5.41, 5.74) is -2.47. The Labute approximate surface area is 166 Å². The minimum absolute atomic E-state index is 0.0330. The summed E-state index contributed by atoms with van der Waals surface area (Å²) in [4.78, 5) is 25.8. The second kappa shape index (κ2) is 6.27. The number of ether oxygens (including phenoxy) is 2. The molecule has 154 valence electrons. The second-order valence-electron chi connectivity index (χ2n) is 9.78. The Bertz CT molecular complexity index is 740. The van der Waals surface area contributed by atoms with Gasteiger partial charge in [0.25, 0.3) is 0 Å². The van der Waals surface area contributed by atoms with Crippen LogP contribution in [0.2, 0.25) is 0 Å². The Morgan fingerprint density at radius 3 is 2.54 bits per heavy atom. The minimum atomic E-state index is -1.15. The predicted molar refractivity (Wildman–Crippen MR) is 99.8 cm³/mol. The van der Waals surface area contributed by atoms with Crippen molar-refractivity contribution in [1.82, 2.24) is 0 Å². The Kier molecular flexibility index (Phi) is 4.45. The second-order valence-corrected chi connectivity index (χ2v) is 9.78. The monoisotopic (exact) mass is 389 g/mol. The molecule has 1 spiro atoms. The molecule has 6 heteroatoms. The smallest absolute Gasteiger partial charge is 0.319 e. The first-order valence-corrected chi connectivity index (χ1v) is 10.6. The first kappa shape index (κ1) is 19.8. The molecular weight excluding hydrogens is 358 g/mol. The van der Waals surface area contributed by atoms with Crippen LogP contribution in [-0.2, 0) is 19.1 Å². The summed E-state index contributed by atoms with van der Waals surface area (Å²) in [5, 5.41) is 20.6. The minimum Gasteiger partial charge on any atom is -0.465 e. The number of esters is 1. The number of nitrogens with zero attached hydrogens (tertiary/aromatic N) is 1. The first-order valence-electron chi connectivity index (χ1n) is 10.6. The van der Waals surface area contributed by atoms with E-state index in [1.165, 1.54) is 0 Å². The molecule has 0 radical (unpaired) electrons. The maximum atomic E-state index is 12.9. The van der Waals surface area contributed by atoms with E-state index in [-0.39, 0.29) is 47.8 Å². The number of aliphatic hydroxyl groups excluding tert-OH is 1. The van der Waals surface area contributed by atoms with Crippen molar-refractivity contribution >= 4 is 11.8 Å². The molecule has 3 saturated carbocycles. The van der Waals surface area contributed by atoms with E-state index in [1.807, 2.05) is 0 Å². The molecule has 7 atom stereocenters. The van der Waals surface area contributed by atoms with Crippen LogP contribution in [-0.4, -0.2) is 42.3 Å². The van der Waals surface area contributed by atoms with Crippen molar-refractivity contribution in [1.29, 1.82) is 5.26 Å². The number of ketones is 1. The molecule has 6 nitrogen and oxygen atoms in total. The third-order valence-electron chi connectivity index (χ3n) is 8.95. The van der Waals surface area contributed by atoms with Gasteiger partial charge in [0.2, 0.25) is 0 Å². The van der Waals surface area contributed by atoms with Gasteiger partial charge in [0.05, 0.1) is 36.9 Å². The van der Waals surface area contributed by atoms with Crippen molar-refractivity contribution in [3.05, 3.63) is 0 Å². The van der Waals surface area contributed by atoms with Crippen LogP contribution in [0, 0.1) is 45.3 Å². The maximum Gasteiger partial charge on any atom is 0.319 e. The van der Waals surface area contributed by atoms with E-state index in [4.69, 9.17) is 9.47 Å². The van der Waals surface area contributed by atoms with Gasteiger partial charge in [-0.05, 0) is 63.2 Å². The molecule has 0 aromatic rings. The number of rotatable bonds is 3. The average molecular weight is 389 g/mol. The van der Waals surface area contributed by atoms with Gasteiger partial charge in [-0.15, -0.1) is 0 Å². The summed E-state index contributed by atoms with van der Waals surface area (Å²) in [5.74, 6) is -0.753. The van der Waals surface area contributed by atoms with E-state index in [1.54, 1.807) is 13.8 Å². The molecule has 1 N–H and O–H groups in total. The van der Waals surface area contributed by atoms with Crippen molar-refractivity contribution in [3.63, 3.8) is 0 Å². The summed E-state index contributed by atoms with van der Waals surface area (Å²) in [7, 11) is 0. The molecule has 0 amide bonds. The van der Waals surface area contributed by atoms with Gasteiger partial charge in [-0.25, -0.2) is 0 Å². The number of Topliss-reactive ketones (excluding diaryl/α,β-unsaturated/α-hetero) is 1. The molecule has 4 aliphatic rings. The quantitative estimate of drug-likeness (QED) is 0.452. The Morgan fingerprint density at radius 2 is 1.96 bits per heavy atom. The van der Waals surface area contributed by atoms with Crippen molar-refractivity contribution < 1.29 is 24.2 Å². The summed E-state index contributed by atoms with van der Waals surface area (Å²) in [6.45, 7) is 6.50. The lowest BCUT2D eigenvalue weighted by Crippen LogP contribution is -2.65. The maximum absolute atomic E-state index is 12.9. The van der Waals surface area contributed by atoms with Gasteiger partial charge in [0, 0.05) is 12.3 Å². The summed E-state index contributed by atoms with van der Waals surface area (Å²) < 4.78 is 11.1. The van der Waals surface area contributed by atoms with E-state index in [0.29, 0.717) is 32.3 Å². The molecule has 4 fully saturated rings. The largest absolute Gasteiger partial charge is 0.465 e. The third kappa shape index (κ3) is 2.26. The number of hydrogen-bond acceptors (Lipinski definition) is 6. The van der Waals surface area contributed by atoms with Gasteiger partial charge < -0.3 is 14.6 Å². The normalized spacial score (nSPS) is 49.7. The standard InChI is InChI=1S/C22H31NO5/c1-4-27-18(26)20(3)14-5-9-21(12-23)15(19(14,2)8-7-17(20)25)6-10-22(13-28-22)16(21)11-24/h14-16,24H,4-11,13H2,1-3H3/t14-,15-,16+,19+,20-,21+,22-/m1/s1. The average Bonchev–Trinajstić information content (AvgIpc) is 3.44. The van der Waals surface area contributed by atoms with Crippen LogP contribution in [0.3, 0.4) is 0 Å². The zero-order valence-corrected chi connectivity index (χ0v) is 17.1. The number of aliphatic hydroxyl groups is 1. The number of hydrogen-bond donors (Lipinski definition) is 1. The van der Waals surface area contributed by atoms with Crippen molar-refractivity contribution in [3.8, 4) is 6.07 Å². The number of carbonyl (C=O) groups is 2. The van der Waals surface area contributed by atoms with Crippen molar-refractivity contribution in [2.24, 2.45) is 34.0 Å². The predicted octanol–water partition coefficient (Wildman–Crippen LogP) is 2.63. The van der Waals surface area contributed by atoms with E-state index >= 15 is 0 Å². The number of epoxide rings is 1. The van der Waals surface area contributed by atoms with Gasteiger partial charge in [0.15, 0.2) is 0 Å². The number of carbonyl (C=O) groups excluding carboxylic acids is 2. The highest BCUT2D eigenvalue weighted by atomic mass is 16.6. The van der Waals surface area contributed by atoms with Crippen LogP contribution in [0.4, 0.5) is 0 Å². The summed E-state index contributed by atoms with van der Waals surface area (Å²) in [6, 6.07) is 2.63. The highest BCUT2D eigenvalue weighted by molar-refractivity contribution is 6.04. The SMILES string of the molecule is CCOC(=O)[C@@]1(C)C(=O)CC[C@]2(C)[C@H]3CC[C@@]4(CO4)[C@@H](CO)[C@]3(C#N)CC[C@@H]12. The van der Waals surface area contributed by atoms with Crippen LogP contribution in [0.15, 0.2) is 0 Å². The first-order chi connectivity index (χ1) is 13.2. The van der Waals surface area contributed by atoms with Gasteiger partial charge in [-0.3, -0.25) is 9.59 Å².